The van der Waals surface area contributed by atoms with Gasteiger partial charge in [0.2, 0.25) is 0 Å². The van der Waals surface area contributed by atoms with Crippen LogP contribution in [0.2, 0.25) is 0 Å². The lowest BCUT2D eigenvalue weighted by Gasteiger charge is -2.03. The second-order valence-corrected chi connectivity index (χ2v) is 6.66. The maximum Gasteiger partial charge on any atom is 0.276 e. The van der Waals surface area contributed by atoms with Crippen LogP contribution in [-0.2, 0) is 7.05 Å². The maximum absolute atomic E-state index is 12.4. The fraction of sp³-hybridized carbons (Fsp3) is 0.389. The van der Waals surface area contributed by atoms with E-state index in [9.17, 15) is 4.79 Å². The number of aromatic nitrogens is 4. The Morgan fingerprint density at radius 3 is 2.50 bits per heavy atom. The molecule has 2 heterocycles. The quantitative estimate of drug-likeness (QED) is 0.795. The molecular formula is C18H23N5O. The predicted molar refractivity (Wildman–Crippen MR) is 95.4 cm³/mol. The number of hydrogen-bond donors (Lipinski definition) is 1. The van der Waals surface area contributed by atoms with Crippen molar-refractivity contribution in [2.24, 2.45) is 7.05 Å². The third-order valence-corrected chi connectivity index (χ3v) is 4.05. The van der Waals surface area contributed by atoms with Crippen molar-refractivity contribution in [1.82, 2.24) is 19.6 Å². The molecule has 6 nitrogen and oxygen atoms in total. The van der Waals surface area contributed by atoms with Gasteiger partial charge in [0.25, 0.3) is 5.91 Å². The summed E-state index contributed by atoms with van der Waals surface area (Å²) in [4.78, 5) is 12.4. The summed E-state index contributed by atoms with van der Waals surface area (Å²) in [6.07, 6.45) is 2.01. The first-order valence-corrected chi connectivity index (χ1v) is 8.19. The zero-order chi connectivity index (χ0) is 17.4. The van der Waals surface area contributed by atoms with Gasteiger partial charge >= 0.3 is 0 Å². The number of rotatable bonds is 4. The molecule has 126 valence electrons. The second-order valence-electron chi connectivity index (χ2n) is 6.66. The number of carbonyl (C=O) groups excluding carboxylic acids is 1. The van der Waals surface area contributed by atoms with Gasteiger partial charge in [0.05, 0.1) is 5.52 Å². The highest BCUT2D eigenvalue weighted by Crippen LogP contribution is 2.21. The Labute approximate surface area is 141 Å². The summed E-state index contributed by atoms with van der Waals surface area (Å²) in [6.45, 7) is 8.33. The minimum Gasteiger partial charge on any atom is -0.321 e. The molecule has 1 aromatic carbocycles. The average molecular weight is 325 g/mol. The number of nitrogens with one attached hydrogen (secondary N) is 1. The molecule has 2 aromatic heterocycles. The van der Waals surface area contributed by atoms with E-state index in [4.69, 9.17) is 0 Å². The number of hydrogen-bond acceptors (Lipinski definition) is 3. The lowest BCUT2D eigenvalue weighted by molar-refractivity contribution is 0.102. The third kappa shape index (κ3) is 3.04. The van der Waals surface area contributed by atoms with Crippen LogP contribution in [0.15, 0.2) is 30.5 Å². The molecule has 0 bridgehead atoms. The summed E-state index contributed by atoms with van der Waals surface area (Å²) >= 11 is 0. The normalized spacial score (nSPS) is 11.6. The van der Waals surface area contributed by atoms with Gasteiger partial charge < -0.3 is 5.32 Å². The first-order valence-electron chi connectivity index (χ1n) is 8.19. The number of aryl methyl sites for hydroxylation is 1. The summed E-state index contributed by atoms with van der Waals surface area (Å²) < 4.78 is 3.68. The Morgan fingerprint density at radius 1 is 1.12 bits per heavy atom. The van der Waals surface area contributed by atoms with Crippen LogP contribution < -0.4 is 5.32 Å². The van der Waals surface area contributed by atoms with Gasteiger partial charge in [-0.05, 0) is 44.0 Å². The smallest absolute Gasteiger partial charge is 0.276 e. The van der Waals surface area contributed by atoms with E-state index >= 15 is 0 Å². The molecule has 0 radical (unpaired) electrons. The Kier molecular flexibility index (Phi) is 4.13. The molecule has 0 saturated carbocycles. The van der Waals surface area contributed by atoms with E-state index in [-0.39, 0.29) is 5.91 Å². The van der Waals surface area contributed by atoms with E-state index in [1.54, 1.807) is 4.68 Å². The molecule has 3 aromatic rings. The number of fused-ring (bicyclic) bond motifs is 1. The molecule has 0 aliphatic carbocycles. The van der Waals surface area contributed by atoms with Gasteiger partial charge in [0, 0.05) is 36.1 Å². The maximum atomic E-state index is 12.4. The van der Waals surface area contributed by atoms with Crippen LogP contribution in [-0.4, -0.2) is 25.5 Å². The van der Waals surface area contributed by atoms with Crippen molar-refractivity contribution in [2.75, 3.05) is 5.32 Å². The van der Waals surface area contributed by atoms with Gasteiger partial charge in [0.1, 0.15) is 0 Å². The van der Waals surface area contributed by atoms with E-state index in [0.717, 1.165) is 22.3 Å². The lowest BCUT2D eigenvalue weighted by Crippen LogP contribution is -2.12. The molecule has 1 N–H and O–H groups in total. The largest absolute Gasteiger partial charge is 0.321 e. The molecule has 0 fully saturated rings. The molecule has 0 aliphatic heterocycles. The minimum atomic E-state index is -0.208. The average Bonchev–Trinajstić information content (AvgIpc) is 3.10. The SMILES string of the molecule is CC(C)c1cc(C(=O)Nc2ccc3cn(C(C)C)nc3c2)nn1C. The fourth-order valence-electron chi connectivity index (χ4n) is 2.71. The molecule has 1 amide bonds. The van der Waals surface area contributed by atoms with Crippen molar-refractivity contribution in [1.29, 1.82) is 0 Å². The third-order valence-electron chi connectivity index (χ3n) is 4.05. The molecule has 0 spiro atoms. The molecular weight excluding hydrogens is 302 g/mol. The first kappa shape index (κ1) is 16.2. The van der Waals surface area contributed by atoms with Crippen molar-refractivity contribution in [2.45, 2.75) is 39.7 Å². The summed E-state index contributed by atoms with van der Waals surface area (Å²) in [5, 5.41) is 12.8. The van der Waals surface area contributed by atoms with Crippen molar-refractivity contribution >= 4 is 22.5 Å². The highest BCUT2D eigenvalue weighted by Gasteiger charge is 2.15. The zero-order valence-electron chi connectivity index (χ0n) is 14.7. The predicted octanol–water partition coefficient (Wildman–Crippen LogP) is 3.73. The monoisotopic (exact) mass is 325 g/mol. The summed E-state index contributed by atoms with van der Waals surface area (Å²) in [5.41, 5.74) is 3.05. The minimum absolute atomic E-state index is 0.208. The van der Waals surface area contributed by atoms with Crippen molar-refractivity contribution in [3.05, 3.63) is 41.9 Å². The Hall–Kier alpha value is -2.63. The lowest BCUT2D eigenvalue weighted by atomic mass is 10.1. The number of benzene rings is 1. The second kappa shape index (κ2) is 6.11. The highest BCUT2D eigenvalue weighted by atomic mass is 16.1. The van der Waals surface area contributed by atoms with Gasteiger partial charge in [-0.25, -0.2) is 0 Å². The molecule has 0 saturated heterocycles. The van der Waals surface area contributed by atoms with Crippen LogP contribution in [0, 0.1) is 0 Å². The van der Waals surface area contributed by atoms with Crippen molar-refractivity contribution in [3.8, 4) is 0 Å². The van der Waals surface area contributed by atoms with Crippen LogP contribution in [0.3, 0.4) is 0 Å². The number of anilines is 1. The summed E-state index contributed by atoms with van der Waals surface area (Å²) in [6, 6.07) is 7.89. The van der Waals surface area contributed by atoms with Crippen LogP contribution in [0.1, 0.15) is 55.8 Å². The van der Waals surface area contributed by atoms with E-state index in [1.165, 1.54) is 0 Å². The fourth-order valence-corrected chi connectivity index (χ4v) is 2.71. The number of amides is 1. The summed E-state index contributed by atoms with van der Waals surface area (Å²) in [5.74, 6) is 0.112. The standard InChI is InChI=1S/C18H23N5O/c1-11(2)17-9-16(20-22(17)5)18(24)19-14-7-6-13-10-23(12(3)4)21-15(13)8-14/h6-12H,1-5H3,(H,19,24). The van der Waals surface area contributed by atoms with E-state index in [2.05, 4.69) is 43.2 Å². The van der Waals surface area contributed by atoms with Gasteiger partial charge in [-0.2, -0.15) is 10.2 Å². The van der Waals surface area contributed by atoms with Gasteiger partial charge in [-0.3, -0.25) is 14.2 Å². The number of carbonyl (C=O) groups is 1. The van der Waals surface area contributed by atoms with E-state index in [1.807, 2.05) is 42.2 Å². The molecule has 6 heteroatoms. The highest BCUT2D eigenvalue weighted by molar-refractivity contribution is 6.03. The Morgan fingerprint density at radius 2 is 1.88 bits per heavy atom. The molecule has 0 unspecified atom stereocenters. The topological polar surface area (TPSA) is 64.7 Å². The summed E-state index contributed by atoms with van der Waals surface area (Å²) in [7, 11) is 1.86. The van der Waals surface area contributed by atoms with Gasteiger partial charge in [-0.1, -0.05) is 13.8 Å². The van der Waals surface area contributed by atoms with Crippen molar-refractivity contribution in [3.63, 3.8) is 0 Å². The van der Waals surface area contributed by atoms with Gasteiger partial charge in [0.15, 0.2) is 5.69 Å². The van der Waals surface area contributed by atoms with Crippen LogP contribution in [0.25, 0.3) is 10.9 Å². The first-order chi connectivity index (χ1) is 11.3. The molecule has 0 aliphatic rings. The molecule has 3 rings (SSSR count). The van der Waals surface area contributed by atoms with Crippen LogP contribution in [0.4, 0.5) is 5.69 Å². The molecule has 24 heavy (non-hydrogen) atoms. The van der Waals surface area contributed by atoms with E-state index < -0.39 is 0 Å². The molecule has 0 atom stereocenters. The van der Waals surface area contributed by atoms with Crippen LogP contribution in [0.5, 0.6) is 0 Å². The zero-order valence-corrected chi connectivity index (χ0v) is 14.7. The number of nitrogens with zero attached hydrogens (tertiary/aromatic N) is 4. The van der Waals surface area contributed by atoms with Crippen molar-refractivity contribution < 1.29 is 4.79 Å². The van der Waals surface area contributed by atoms with Gasteiger partial charge in [-0.15, -0.1) is 0 Å². The van der Waals surface area contributed by atoms with E-state index in [0.29, 0.717) is 17.7 Å². The Bertz CT molecular complexity index is 888. The Balaban J connectivity index is 1.83. The van der Waals surface area contributed by atoms with Crippen LogP contribution >= 0.6 is 0 Å².